The average molecular weight is 416 g/mol. The maximum atomic E-state index is 13.3. The molecule has 0 aliphatic carbocycles. The molecular weight excluding hydrogens is 386 g/mol. The molecule has 31 heavy (non-hydrogen) atoms. The maximum Gasteiger partial charge on any atom is 0.165 e. The van der Waals surface area contributed by atoms with E-state index in [2.05, 4.69) is 11.9 Å². The maximum absolute atomic E-state index is 13.3. The number of hydrogen-bond donors (Lipinski definition) is 1. The van der Waals surface area contributed by atoms with Crippen molar-refractivity contribution in [2.24, 2.45) is 5.92 Å². The highest BCUT2D eigenvalue weighted by Gasteiger charge is 2.21. The standard InChI is InChI=1S/C27H29NO3/c1-28-14-3-2-6-19(9-5-15-28)27(31)23-8-4-7-20(17-23)21-10-12-24-22(16-21)11-13-26(30)25(24)18-29/h4,7-8,10-13,16-19,30H,2-3,5-6,9,14-15H2,1H3. The molecule has 4 rings (SSSR count). The minimum atomic E-state index is -0.0101. The molecule has 1 aliphatic rings. The molecule has 0 radical (unpaired) electrons. The van der Waals surface area contributed by atoms with E-state index in [0.29, 0.717) is 11.8 Å². The van der Waals surface area contributed by atoms with Gasteiger partial charge in [-0.25, -0.2) is 0 Å². The van der Waals surface area contributed by atoms with E-state index in [0.717, 1.165) is 72.7 Å². The summed E-state index contributed by atoms with van der Waals surface area (Å²) in [4.78, 5) is 27.0. The Kier molecular flexibility index (Phi) is 6.47. The van der Waals surface area contributed by atoms with E-state index in [1.165, 1.54) is 0 Å². The summed E-state index contributed by atoms with van der Waals surface area (Å²) in [6.07, 6.45) is 5.90. The number of ketones is 1. The van der Waals surface area contributed by atoms with Crippen LogP contribution in [0.3, 0.4) is 0 Å². The highest BCUT2D eigenvalue weighted by Crippen LogP contribution is 2.31. The zero-order chi connectivity index (χ0) is 21.8. The molecule has 0 saturated carbocycles. The second kappa shape index (κ2) is 9.44. The Morgan fingerprint density at radius 3 is 2.58 bits per heavy atom. The van der Waals surface area contributed by atoms with Gasteiger partial charge in [0.05, 0.1) is 5.56 Å². The number of aldehydes is 1. The summed E-state index contributed by atoms with van der Waals surface area (Å²) < 4.78 is 0. The van der Waals surface area contributed by atoms with Gasteiger partial charge in [0.25, 0.3) is 0 Å². The van der Waals surface area contributed by atoms with Gasteiger partial charge < -0.3 is 10.0 Å². The van der Waals surface area contributed by atoms with Crippen molar-refractivity contribution in [3.63, 3.8) is 0 Å². The van der Waals surface area contributed by atoms with E-state index in [4.69, 9.17) is 0 Å². The van der Waals surface area contributed by atoms with E-state index in [9.17, 15) is 14.7 Å². The zero-order valence-electron chi connectivity index (χ0n) is 18.0. The van der Waals surface area contributed by atoms with Crippen molar-refractivity contribution >= 4 is 22.8 Å². The monoisotopic (exact) mass is 415 g/mol. The smallest absolute Gasteiger partial charge is 0.165 e. The number of phenols is 1. The molecule has 1 saturated heterocycles. The van der Waals surface area contributed by atoms with Gasteiger partial charge >= 0.3 is 0 Å². The highest BCUT2D eigenvalue weighted by atomic mass is 16.3. The Morgan fingerprint density at radius 2 is 1.74 bits per heavy atom. The summed E-state index contributed by atoms with van der Waals surface area (Å²) >= 11 is 0. The predicted molar refractivity (Wildman–Crippen MR) is 125 cm³/mol. The molecular formula is C27H29NO3. The fourth-order valence-electron chi connectivity index (χ4n) is 4.63. The first-order chi connectivity index (χ1) is 15.1. The molecule has 1 aliphatic heterocycles. The molecule has 0 aromatic heterocycles. The van der Waals surface area contributed by atoms with E-state index < -0.39 is 0 Å². The number of Topliss-reactive ketones (excluding diaryl/α,β-unsaturated/α-hetero) is 1. The number of fused-ring (bicyclic) bond motifs is 1. The summed E-state index contributed by atoms with van der Waals surface area (Å²) in [5.74, 6) is 0.334. The number of phenolic OH excluding ortho intramolecular Hbond substituents is 1. The van der Waals surface area contributed by atoms with E-state index in [1.807, 2.05) is 48.5 Å². The lowest BCUT2D eigenvalue weighted by Crippen LogP contribution is -2.20. The first kappa shape index (κ1) is 21.3. The van der Waals surface area contributed by atoms with Crippen LogP contribution in [0, 0.1) is 5.92 Å². The number of carbonyl (C=O) groups is 2. The average Bonchev–Trinajstić information content (AvgIpc) is 2.90. The fraction of sp³-hybridized carbons (Fsp3) is 0.333. The minimum Gasteiger partial charge on any atom is -0.507 e. The van der Waals surface area contributed by atoms with Crippen LogP contribution in [0.2, 0.25) is 0 Å². The van der Waals surface area contributed by atoms with Crippen LogP contribution in [0.25, 0.3) is 21.9 Å². The zero-order valence-corrected chi connectivity index (χ0v) is 18.0. The molecule has 3 aromatic carbocycles. The molecule has 4 heteroatoms. The van der Waals surface area contributed by atoms with Crippen molar-refractivity contribution in [1.82, 2.24) is 4.90 Å². The van der Waals surface area contributed by atoms with Gasteiger partial charge in [0, 0.05) is 11.5 Å². The van der Waals surface area contributed by atoms with Crippen molar-refractivity contribution in [3.05, 3.63) is 65.7 Å². The van der Waals surface area contributed by atoms with Gasteiger partial charge in [-0.2, -0.15) is 0 Å². The van der Waals surface area contributed by atoms with Crippen LogP contribution in [-0.4, -0.2) is 42.2 Å². The molecule has 3 aromatic rings. The van der Waals surface area contributed by atoms with Crippen molar-refractivity contribution in [2.45, 2.75) is 32.1 Å². The first-order valence-corrected chi connectivity index (χ1v) is 11.1. The van der Waals surface area contributed by atoms with Crippen LogP contribution >= 0.6 is 0 Å². The molecule has 0 spiro atoms. The Balaban J connectivity index is 1.61. The van der Waals surface area contributed by atoms with Crippen LogP contribution in [0.5, 0.6) is 5.75 Å². The van der Waals surface area contributed by atoms with Gasteiger partial charge in [-0.3, -0.25) is 9.59 Å². The minimum absolute atomic E-state index is 0.0101. The second-order valence-electron chi connectivity index (χ2n) is 8.64. The van der Waals surface area contributed by atoms with Gasteiger partial charge in [0.15, 0.2) is 12.1 Å². The van der Waals surface area contributed by atoms with Gasteiger partial charge in [-0.15, -0.1) is 0 Å². The SMILES string of the molecule is CN1CCCCC(C(=O)c2cccc(-c3ccc4c(C=O)c(O)ccc4c3)c2)CCC1. The number of benzene rings is 3. The first-order valence-electron chi connectivity index (χ1n) is 11.1. The van der Waals surface area contributed by atoms with E-state index in [1.54, 1.807) is 6.07 Å². The number of rotatable bonds is 4. The van der Waals surface area contributed by atoms with Crippen molar-refractivity contribution < 1.29 is 14.7 Å². The third-order valence-electron chi connectivity index (χ3n) is 6.44. The summed E-state index contributed by atoms with van der Waals surface area (Å²) in [5, 5.41) is 11.5. The highest BCUT2D eigenvalue weighted by molar-refractivity contribution is 6.02. The quantitative estimate of drug-likeness (QED) is 0.437. The van der Waals surface area contributed by atoms with Gasteiger partial charge in [-0.1, -0.05) is 42.8 Å². The summed E-state index contributed by atoms with van der Waals surface area (Å²) in [6, 6.07) is 17.0. The lowest BCUT2D eigenvalue weighted by Gasteiger charge is -2.16. The molecule has 0 amide bonds. The fourth-order valence-corrected chi connectivity index (χ4v) is 4.63. The topological polar surface area (TPSA) is 57.6 Å². The molecule has 0 bridgehead atoms. The van der Waals surface area contributed by atoms with E-state index in [-0.39, 0.29) is 17.5 Å². The predicted octanol–water partition coefficient (Wildman–Crippen LogP) is 5.72. The Labute approximate surface area is 183 Å². The van der Waals surface area contributed by atoms with Crippen LogP contribution in [0.4, 0.5) is 0 Å². The van der Waals surface area contributed by atoms with Crippen LogP contribution in [0.1, 0.15) is 52.8 Å². The molecule has 1 fully saturated rings. The number of carbonyl (C=O) groups excluding carboxylic acids is 2. The van der Waals surface area contributed by atoms with Gasteiger partial charge in [0.2, 0.25) is 0 Å². The van der Waals surface area contributed by atoms with E-state index >= 15 is 0 Å². The molecule has 1 unspecified atom stereocenters. The third kappa shape index (κ3) is 4.70. The molecule has 1 heterocycles. The van der Waals surface area contributed by atoms with Crippen LogP contribution < -0.4 is 0 Å². The Hall–Kier alpha value is -2.98. The van der Waals surface area contributed by atoms with Gasteiger partial charge in [0.1, 0.15) is 5.75 Å². The van der Waals surface area contributed by atoms with Gasteiger partial charge in [-0.05, 0) is 85.9 Å². The molecule has 1 atom stereocenters. The van der Waals surface area contributed by atoms with Crippen molar-refractivity contribution in [1.29, 1.82) is 0 Å². The Morgan fingerprint density at radius 1 is 0.968 bits per heavy atom. The third-order valence-corrected chi connectivity index (χ3v) is 6.44. The number of nitrogens with zero attached hydrogens (tertiary/aromatic N) is 1. The number of aromatic hydroxyl groups is 1. The second-order valence-corrected chi connectivity index (χ2v) is 8.64. The van der Waals surface area contributed by atoms with Crippen molar-refractivity contribution in [3.8, 4) is 16.9 Å². The molecule has 1 N–H and O–H groups in total. The molecule has 4 nitrogen and oxygen atoms in total. The lowest BCUT2D eigenvalue weighted by atomic mass is 9.88. The normalized spacial score (nSPS) is 18.2. The summed E-state index contributed by atoms with van der Waals surface area (Å²) in [5.41, 5.74) is 3.05. The van der Waals surface area contributed by atoms with Crippen LogP contribution in [-0.2, 0) is 0 Å². The molecule has 160 valence electrons. The largest absolute Gasteiger partial charge is 0.507 e. The van der Waals surface area contributed by atoms with Crippen molar-refractivity contribution in [2.75, 3.05) is 20.1 Å². The van der Waals surface area contributed by atoms with Crippen LogP contribution in [0.15, 0.2) is 54.6 Å². The summed E-state index contributed by atoms with van der Waals surface area (Å²) in [6.45, 7) is 2.17. The number of hydrogen-bond acceptors (Lipinski definition) is 4. The Bertz CT molecular complexity index is 1100. The summed E-state index contributed by atoms with van der Waals surface area (Å²) in [7, 11) is 2.16. The lowest BCUT2D eigenvalue weighted by molar-refractivity contribution is 0.0903.